The van der Waals surface area contributed by atoms with Gasteiger partial charge in [-0.05, 0) is 37.6 Å². The van der Waals surface area contributed by atoms with E-state index in [4.69, 9.17) is 0 Å². The predicted octanol–water partition coefficient (Wildman–Crippen LogP) is 4.45. The molecule has 0 saturated heterocycles. The van der Waals surface area contributed by atoms with Crippen LogP contribution in [0, 0.1) is 13.8 Å². The van der Waals surface area contributed by atoms with Crippen molar-refractivity contribution in [2.24, 2.45) is 0 Å². The SMILES string of the molecule is Cc1ccnc(C)c1Nc1nccc2c1ccn2CC(C)(F)F. The molecule has 120 valence electrons. The van der Waals surface area contributed by atoms with Crippen molar-refractivity contribution in [1.82, 2.24) is 14.5 Å². The lowest BCUT2D eigenvalue weighted by Crippen LogP contribution is -2.18. The fraction of sp³-hybridized carbons (Fsp3) is 0.294. The zero-order valence-corrected chi connectivity index (χ0v) is 13.3. The van der Waals surface area contributed by atoms with Crippen molar-refractivity contribution in [3.63, 3.8) is 0 Å². The van der Waals surface area contributed by atoms with Gasteiger partial charge in [0.2, 0.25) is 0 Å². The van der Waals surface area contributed by atoms with Crippen molar-refractivity contribution in [3.8, 4) is 0 Å². The van der Waals surface area contributed by atoms with Crippen LogP contribution in [0.4, 0.5) is 20.3 Å². The van der Waals surface area contributed by atoms with Crippen molar-refractivity contribution in [2.45, 2.75) is 33.2 Å². The maximum Gasteiger partial charge on any atom is 0.262 e. The normalized spacial score (nSPS) is 11.9. The Morgan fingerprint density at radius 1 is 1.13 bits per heavy atom. The highest BCUT2D eigenvalue weighted by molar-refractivity contribution is 5.92. The van der Waals surface area contributed by atoms with E-state index >= 15 is 0 Å². The predicted molar refractivity (Wildman–Crippen MR) is 87.3 cm³/mol. The van der Waals surface area contributed by atoms with Crippen LogP contribution in [0.15, 0.2) is 36.8 Å². The lowest BCUT2D eigenvalue weighted by molar-refractivity contribution is 0.00510. The summed E-state index contributed by atoms with van der Waals surface area (Å²) in [6.45, 7) is 4.46. The van der Waals surface area contributed by atoms with E-state index in [1.165, 1.54) is 0 Å². The number of aromatic nitrogens is 3. The molecule has 23 heavy (non-hydrogen) atoms. The molecule has 3 aromatic rings. The van der Waals surface area contributed by atoms with E-state index in [-0.39, 0.29) is 6.54 Å². The largest absolute Gasteiger partial charge is 0.341 e. The molecule has 0 unspecified atom stereocenters. The minimum absolute atomic E-state index is 0.356. The molecule has 1 N–H and O–H groups in total. The Morgan fingerprint density at radius 2 is 1.87 bits per heavy atom. The number of rotatable bonds is 4. The number of alkyl halides is 2. The van der Waals surface area contributed by atoms with Gasteiger partial charge in [-0.15, -0.1) is 0 Å². The summed E-state index contributed by atoms with van der Waals surface area (Å²) in [5.41, 5.74) is 3.53. The third kappa shape index (κ3) is 3.16. The van der Waals surface area contributed by atoms with Crippen LogP contribution in [0.1, 0.15) is 18.2 Å². The molecule has 0 fully saturated rings. The van der Waals surface area contributed by atoms with Gasteiger partial charge in [0.25, 0.3) is 5.92 Å². The Balaban J connectivity index is 2.03. The highest BCUT2D eigenvalue weighted by atomic mass is 19.3. The fourth-order valence-electron chi connectivity index (χ4n) is 2.66. The van der Waals surface area contributed by atoms with Gasteiger partial charge in [0.05, 0.1) is 23.4 Å². The Morgan fingerprint density at radius 3 is 2.57 bits per heavy atom. The number of anilines is 2. The summed E-state index contributed by atoms with van der Waals surface area (Å²) in [5, 5.41) is 4.09. The first-order valence-corrected chi connectivity index (χ1v) is 7.36. The molecule has 3 rings (SSSR count). The molecule has 0 atom stereocenters. The summed E-state index contributed by atoms with van der Waals surface area (Å²) in [6, 6.07) is 5.46. The highest BCUT2D eigenvalue weighted by Crippen LogP contribution is 2.29. The fourth-order valence-corrected chi connectivity index (χ4v) is 2.66. The topological polar surface area (TPSA) is 42.7 Å². The first-order chi connectivity index (χ1) is 10.8. The van der Waals surface area contributed by atoms with Gasteiger partial charge in [-0.2, -0.15) is 0 Å². The van der Waals surface area contributed by atoms with E-state index < -0.39 is 5.92 Å². The molecule has 6 heteroatoms. The zero-order valence-electron chi connectivity index (χ0n) is 13.3. The average molecular weight is 316 g/mol. The third-order valence-electron chi connectivity index (χ3n) is 3.74. The smallest absolute Gasteiger partial charge is 0.262 e. The molecule has 0 aliphatic heterocycles. The van der Waals surface area contributed by atoms with Crippen molar-refractivity contribution < 1.29 is 8.78 Å². The summed E-state index contributed by atoms with van der Waals surface area (Å²) in [4.78, 5) is 8.63. The van der Waals surface area contributed by atoms with E-state index in [0.29, 0.717) is 5.82 Å². The molecular formula is C17H18F2N4. The quantitative estimate of drug-likeness (QED) is 0.773. The Hall–Kier alpha value is -2.50. The second-order valence-corrected chi connectivity index (χ2v) is 5.82. The second-order valence-electron chi connectivity index (χ2n) is 5.82. The number of halogens is 2. The Kier molecular flexibility index (Phi) is 3.75. The van der Waals surface area contributed by atoms with Crippen LogP contribution in [0.5, 0.6) is 0 Å². The first kappa shape index (κ1) is 15.4. The molecule has 0 bridgehead atoms. The molecule has 3 aromatic heterocycles. The van der Waals surface area contributed by atoms with Crippen molar-refractivity contribution in [2.75, 3.05) is 5.32 Å². The van der Waals surface area contributed by atoms with Crippen LogP contribution < -0.4 is 5.32 Å². The van der Waals surface area contributed by atoms with Crippen LogP contribution >= 0.6 is 0 Å². The van der Waals surface area contributed by atoms with E-state index in [0.717, 1.165) is 34.8 Å². The number of nitrogens with zero attached hydrogens (tertiary/aromatic N) is 3. The molecule has 4 nitrogen and oxygen atoms in total. The van der Waals surface area contributed by atoms with Crippen molar-refractivity contribution >= 4 is 22.4 Å². The van der Waals surface area contributed by atoms with Crippen LogP contribution in [0.2, 0.25) is 0 Å². The number of pyridine rings is 2. The Bertz CT molecular complexity index is 829. The molecule has 0 aromatic carbocycles. The van der Waals surface area contributed by atoms with E-state index in [9.17, 15) is 8.78 Å². The number of hydrogen-bond donors (Lipinski definition) is 1. The first-order valence-electron chi connectivity index (χ1n) is 7.36. The zero-order chi connectivity index (χ0) is 16.6. The molecule has 0 aliphatic rings. The second kappa shape index (κ2) is 5.61. The molecule has 0 spiro atoms. The van der Waals surface area contributed by atoms with Gasteiger partial charge in [-0.3, -0.25) is 4.98 Å². The third-order valence-corrected chi connectivity index (χ3v) is 3.74. The van der Waals surface area contributed by atoms with E-state index in [2.05, 4.69) is 15.3 Å². The van der Waals surface area contributed by atoms with Crippen LogP contribution in [0.25, 0.3) is 10.9 Å². The van der Waals surface area contributed by atoms with Gasteiger partial charge in [0, 0.05) is 30.9 Å². The van der Waals surface area contributed by atoms with Crippen molar-refractivity contribution in [3.05, 3.63) is 48.0 Å². The minimum Gasteiger partial charge on any atom is -0.341 e. The molecule has 0 amide bonds. The molecular weight excluding hydrogens is 298 g/mol. The van der Waals surface area contributed by atoms with Gasteiger partial charge in [-0.25, -0.2) is 13.8 Å². The number of fused-ring (bicyclic) bond motifs is 1. The molecule has 0 radical (unpaired) electrons. The molecule has 0 saturated carbocycles. The summed E-state index contributed by atoms with van der Waals surface area (Å²) in [5.74, 6) is -2.13. The summed E-state index contributed by atoms with van der Waals surface area (Å²) >= 11 is 0. The van der Waals surface area contributed by atoms with Gasteiger partial charge in [0.15, 0.2) is 0 Å². The van der Waals surface area contributed by atoms with Crippen molar-refractivity contribution in [1.29, 1.82) is 0 Å². The maximum absolute atomic E-state index is 13.3. The monoisotopic (exact) mass is 316 g/mol. The summed E-state index contributed by atoms with van der Waals surface area (Å²) in [6.07, 6.45) is 5.04. The van der Waals surface area contributed by atoms with Gasteiger partial charge in [0.1, 0.15) is 5.82 Å². The van der Waals surface area contributed by atoms with E-state index in [1.54, 1.807) is 35.3 Å². The standard InChI is InChI=1S/C17H18F2N4/c1-11-4-7-20-12(2)15(11)22-16-13-6-9-23(10-17(3,18)19)14(13)5-8-21-16/h4-9H,10H2,1-3H3,(H,21,22). The average Bonchev–Trinajstić information content (AvgIpc) is 2.85. The molecule has 0 aliphatic carbocycles. The minimum atomic E-state index is -2.76. The maximum atomic E-state index is 13.3. The van der Waals surface area contributed by atoms with E-state index in [1.807, 2.05) is 19.9 Å². The van der Waals surface area contributed by atoms with Gasteiger partial charge < -0.3 is 9.88 Å². The lowest BCUT2D eigenvalue weighted by atomic mass is 10.2. The number of aryl methyl sites for hydroxylation is 2. The lowest BCUT2D eigenvalue weighted by Gasteiger charge is -2.14. The van der Waals surface area contributed by atoms with Crippen LogP contribution in [-0.2, 0) is 6.54 Å². The van der Waals surface area contributed by atoms with Gasteiger partial charge in [-0.1, -0.05) is 0 Å². The molecule has 3 heterocycles. The number of hydrogen-bond acceptors (Lipinski definition) is 3. The summed E-state index contributed by atoms with van der Waals surface area (Å²) < 4.78 is 28.2. The highest BCUT2D eigenvalue weighted by Gasteiger charge is 2.22. The summed E-state index contributed by atoms with van der Waals surface area (Å²) in [7, 11) is 0. The van der Waals surface area contributed by atoms with Gasteiger partial charge >= 0.3 is 0 Å². The number of nitrogens with one attached hydrogen (secondary N) is 1. The van der Waals surface area contributed by atoms with Crippen LogP contribution in [-0.4, -0.2) is 20.5 Å². The van der Waals surface area contributed by atoms with Crippen LogP contribution in [0.3, 0.4) is 0 Å². The Labute approximate surface area is 133 Å².